The molecule has 0 radical (unpaired) electrons. The van der Waals surface area contributed by atoms with Gasteiger partial charge in [-0.15, -0.1) is 0 Å². The Balaban J connectivity index is 2.08. The van der Waals surface area contributed by atoms with Gasteiger partial charge in [0.2, 0.25) is 0 Å². The minimum absolute atomic E-state index is 1.06. The van der Waals surface area contributed by atoms with Gasteiger partial charge in [0.1, 0.15) is 0 Å². The maximum absolute atomic E-state index is 4.15. The van der Waals surface area contributed by atoms with Crippen LogP contribution in [0, 0.1) is 0 Å². The Morgan fingerprint density at radius 2 is 1.55 bits per heavy atom. The third-order valence-electron chi connectivity index (χ3n) is 3.90. The molecule has 0 fully saturated rings. The molecule has 2 aliphatic rings. The summed E-state index contributed by atoms with van der Waals surface area (Å²) in [6, 6.07) is 0. The lowest BCUT2D eigenvalue weighted by molar-refractivity contribution is 0.856. The molecule has 2 rings (SSSR count). The van der Waals surface area contributed by atoms with Gasteiger partial charge in [-0.25, -0.2) is 0 Å². The van der Waals surface area contributed by atoms with Gasteiger partial charge in [-0.05, 0) is 61.8 Å². The first-order valence-electron chi connectivity index (χ1n) is 7.35. The number of allylic oxidation sites excluding steroid dienone is 12. The predicted octanol–water partition coefficient (Wildman–Crippen LogP) is 5.99. The van der Waals surface area contributed by atoms with E-state index < -0.39 is 0 Å². The summed E-state index contributed by atoms with van der Waals surface area (Å²) in [6.45, 7) is 12.2. The largest absolute Gasteiger partial charge is 0.0961 e. The molecule has 0 unspecified atom stereocenters. The molecular formula is C20H24. The van der Waals surface area contributed by atoms with E-state index in [1.54, 1.807) is 0 Å². The summed E-state index contributed by atoms with van der Waals surface area (Å²) < 4.78 is 0. The molecule has 0 bridgehead atoms. The summed E-state index contributed by atoms with van der Waals surface area (Å²) in [4.78, 5) is 0. The van der Waals surface area contributed by atoms with Crippen LogP contribution in [0.15, 0.2) is 83.1 Å². The Morgan fingerprint density at radius 1 is 0.900 bits per heavy atom. The van der Waals surface area contributed by atoms with E-state index in [-0.39, 0.29) is 0 Å². The van der Waals surface area contributed by atoms with E-state index in [2.05, 4.69) is 50.5 Å². The van der Waals surface area contributed by atoms with Crippen LogP contribution < -0.4 is 0 Å². The van der Waals surface area contributed by atoms with Gasteiger partial charge in [-0.3, -0.25) is 0 Å². The van der Waals surface area contributed by atoms with Crippen molar-refractivity contribution in [1.82, 2.24) is 0 Å². The zero-order valence-electron chi connectivity index (χ0n) is 12.7. The maximum atomic E-state index is 4.15. The van der Waals surface area contributed by atoms with Crippen molar-refractivity contribution in [1.29, 1.82) is 0 Å². The molecule has 0 aromatic heterocycles. The smallest absolute Gasteiger partial charge is 0.0232 e. The van der Waals surface area contributed by atoms with Crippen LogP contribution in [0.2, 0.25) is 0 Å². The van der Waals surface area contributed by atoms with Crippen LogP contribution in [0.5, 0.6) is 0 Å². The highest BCUT2D eigenvalue weighted by Crippen LogP contribution is 2.32. The van der Waals surface area contributed by atoms with Gasteiger partial charge in [0.25, 0.3) is 0 Å². The van der Waals surface area contributed by atoms with E-state index in [9.17, 15) is 0 Å². The maximum Gasteiger partial charge on any atom is -0.0232 e. The van der Waals surface area contributed by atoms with E-state index in [4.69, 9.17) is 0 Å². The lowest BCUT2D eigenvalue weighted by atomic mass is 9.86. The molecule has 104 valence electrons. The van der Waals surface area contributed by atoms with Gasteiger partial charge in [-0.1, -0.05) is 60.8 Å². The van der Waals surface area contributed by atoms with Crippen LogP contribution in [0.25, 0.3) is 0 Å². The molecule has 0 saturated heterocycles. The van der Waals surface area contributed by atoms with Crippen LogP contribution >= 0.6 is 0 Å². The average Bonchev–Trinajstić information content (AvgIpc) is 2.46. The summed E-state index contributed by atoms with van der Waals surface area (Å²) in [6.07, 6.45) is 17.8. The predicted molar refractivity (Wildman–Crippen MR) is 89.6 cm³/mol. The Kier molecular flexibility index (Phi) is 4.79. The van der Waals surface area contributed by atoms with Gasteiger partial charge in [0.15, 0.2) is 0 Å². The Labute approximate surface area is 123 Å². The van der Waals surface area contributed by atoms with Crippen LogP contribution in [-0.4, -0.2) is 0 Å². The summed E-state index contributed by atoms with van der Waals surface area (Å²) in [5.41, 5.74) is 8.00. The minimum atomic E-state index is 1.06. The minimum Gasteiger partial charge on any atom is -0.0961 e. The van der Waals surface area contributed by atoms with Crippen molar-refractivity contribution in [2.75, 3.05) is 0 Å². The lowest BCUT2D eigenvalue weighted by Crippen LogP contribution is -2.00. The first-order valence-corrected chi connectivity index (χ1v) is 7.35. The second-order valence-corrected chi connectivity index (χ2v) is 5.79. The second kappa shape index (κ2) is 6.56. The highest BCUT2D eigenvalue weighted by molar-refractivity contribution is 5.48. The summed E-state index contributed by atoms with van der Waals surface area (Å²) in [5.74, 6) is 0. The Hall–Kier alpha value is -1.82. The Morgan fingerprint density at radius 3 is 2.05 bits per heavy atom. The second-order valence-electron chi connectivity index (χ2n) is 5.79. The van der Waals surface area contributed by atoms with Gasteiger partial charge in [-0.2, -0.15) is 0 Å². The zero-order valence-corrected chi connectivity index (χ0v) is 12.7. The van der Waals surface area contributed by atoms with E-state index in [1.807, 2.05) is 13.0 Å². The van der Waals surface area contributed by atoms with E-state index >= 15 is 0 Å². The molecule has 0 aromatic rings. The third kappa shape index (κ3) is 3.84. The molecule has 0 amide bonds. The zero-order chi connectivity index (χ0) is 14.5. The molecule has 0 aromatic carbocycles. The van der Waals surface area contributed by atoms with Gasteiger partial charge in [0.05, 0.1) is 0 Å². The van der Waals surface area contributed by atoms with Crippen molar-refractivity contribution >= 4 is 0 Å². The average molecular weight is 264 g/mol. The van der Waals surface area contributed by atoms with Crippen LogP contribution in [0.4, 0.5) is 0 Å². The first-order chi connectivity index (χ1) is 9.56. The van der Waals surface area contributed by atoms with Crippen LogP contribution in [-0.2, 0) is 0 Å². The number of hydrogen-bond donors (Lipinski definition) is 0. The topological polar surface area (TPSA) is 0 Å². The molecule has 0 heteroatoms. The Bertz CT molecular complexity index is 571. The van der Waals surface area contributed by atoms with E-state index in [1.165, 1.54) is 35.1 Å². The molecular weight excluding hydrogens is 240 g/mol. The van der Waals surface area contributed by atoms with E-state index in [0.29, 0.717) is 0 Å². The lowest BCUT2D eigenvalue weighted by Gasteiger charge is -2.19. The molecule has 0 nitrogen and oxygen atoms in total. The van der Waals surface area contributed by atoms with Crippen molar-refractivity contribution in [2.24, 2.45) is 0 Å². The first kappa shape index (κ1) is 14.6. The standard InChI is InChI=1S/C20H24/c1-15(2)5-8-17(4)18-11-13-20(14-12-18)19-9-6-16(3)7-10-19/h5-6,8-9,11,13H,1,4,7,10,12,14H2,2-3H3/b8-5-. The van der Waals surface area contributed by atoms with Crippen molar-refractivity contribution in [3.63, 3.8) is 0 Å². The highest BCUT2D eigenvalue weighted by Gasteiger charge is 2.12. The summed E-state index contributed by atoms with van der Waals surface area (Å²) >= 11 is 0. The molecule has 2 aliphatic carbocycles. The molecule has 20 heavy (non-hydrogen) atoms. The van der Waals surface area contributed by atoms with Crippen LogP contribution in [0.1, 0.15) is 39.5 Å². The van der Waals surface area contributed by atoms with Gasteiger partial charge >= 0.3 is 0 Å². The van der Waals surface area contributed by atoms with Crippen LogP contribution in [0.3, 0.4) is 0 Å². The molecule has 0 spiro atoms. The monoisotopic (exact) mass is 264 g/mol. The van der Waals surface area contributed by atoms with Crippen molar-refractivity contribution in [3.05, 3.63) is 83.1 Å². The van der Waals surface area contributed by atoms with E-state index in [0.717, 1.165) is 24.0 Å². The van der Waals surface area contributed by atoms with Crippen molar-refractivity contribution in [2.45, 2.75) is 39.5 Å². The fourth-order valence-corrected chi connectivity index (χ4v) is 2.53. The molecule has 0 atom stereocenters. The molecule has 0 aliphatic heterocycles. The normalized spacial score (nSPS) is 19.1. The van der Waals surface area contributed by atoms with Crippen molar-refractivity contribution in [3.8, 4) is 0 Å². The SMILES string of the molecule is C=C(C)/C=C\C(=C)C1=CC=C(C2=CC=C(C)CC2)CC1. The number of hydrogen-bond acceptors (Lipinski definition) is 0. The fourth-order valence-electron chi connectivity index (χ4n) is 2.53. The fraction of sp³-hybridized carbons (Fsp3) is 0.300. The highest BCUT2D eigenvalue weighted by atomic mass is 14.2. The number of rotatable bonds is 4. The van der Waals surface area contributed by atoms with Crippen molar-refractivity contribution < 1.29 is 0 Å². The summed E-state index contributed by atoms with van der Waals surface area (Å²) in [7, 11) is 0. The quantitative estimate of drug-likeness (QED) is 0.547. The third-order valence-corrected chi connectivity index (χ3v) is 3.90. The van der Waals surface area contributed by atoms with Gasteiger partial charge < -0.3 is 0 Å². The summed E-state index contributed by atoms with van der Waals surface area (Å²) in [5, 5.41) is 0. The molecule has 0 heterocycles. The molecule has 0 saturated carbocycles. The van der Waals surface area contributed by atoms with Gasteiger partial charge in [0, 0.05) is 0 Å². The molecule has 0 N–H and O–H groups in total.